The van der Waals surface area contributed by atoms with E-state index in [0.29, 0.717) is 12.0 Å². The summed E-state index contributed by atoms with van der Waals surface area (Å²) in [7, 11) is 0. The third-order valence-corrected chi connectivity index (χ3v) is 5.42. The quantitative estimate of drug-likeness (QED) is 0.316. The highest BCUT2D eigenvalue weighted by Gasteiger charge is 2.60. The molecule has 1 heterocycles. The van der Waals surface area contributed by atoms with Gasteiger partial charge in [-0.2, -0.15) is 0 Å². The predicted octanol–water partition coefficient (Wildman–Crippen LogP) is 3.80. The average molecular weight is 390 g/mol. The number of hydrogen-bond donors (Lipinski definition) is 0. The topological polar surface area (TPSA) is 78.9 Å². The molecule has 1 aliphatic carbocycles. The highest BCUT2D eigenvalue weighted by molar-refractivity contribution is 5.92. The number of carbonyl (C=O) groups excluding carboxylic acids is 3. The fourth-order valence-corrected chi connectivity index (χ4v) is 3.73. The Kier molecular flexibility index (Phi) is 6.86. The Morgan fingerprint density at radius 2 is 1.93 bits per heavy atom. The van der Waals surface area contributed by atoms with E-state index in [1.54, 1.807) is 26.8 Å². The Bertz CT molecular complexity index is 744. The molecule has 0 N–H and O–H groups in total. The Balaban J connectivity index is 2.53. The van der Waals surface area contributed by atoms with Crippen LogP contribution in [0.2, 0.25) is 0 Å². The number of carbonyl (C=O) groups is 3. The molecule has 28 heavy (non-hydrogen) atoms. The highest BCUT2D eigenvalue weighted by atomic mass is 16.6. The minimum Gasteiger partial charge on any atom is -0.462 e. The maximum Gasteiger partial charge on any atom is 0.351 e. The first kappa shape index (κ1) is 21.9. The summed E-state index contributed by atoms with van der Waals surface area (Å²) in [5, 5.41) is 0. The van der Waals surface area contributed by atoms with Crippen LogP contribution in [-0.2, 0) is 28.6 Å². The van der Waals surface area contributed by atoms with Crippen molar-refractivity contribution in [1.82, 2.24) is 0 Å². The molecule has 0 bridgehead atoms. The molecule has 2 rings (SSSR count). The van der Waals surface area contributed by atoms with Crippen molar-refractivity contribution in [2.45, 2.75) is 78.6 Å². The third kappa shape index (κ3) is 4.72. The first-order chi connectivity index (χ1) is 13.1. The molecule has 6 heteroatoms. The number of fused-ring (bicyclic) bond motifs is 1. The molecule has 0 aromatic rings. The van der Waals surface area contributed by atoms with Crippen molar-refractivity contribution >= 4 is 17.9 Å². The van der Waals surface area contributed by atoms with Crippen molar-refractivity contribution in [2.75, 3.05) is 0 Å². The van der Waals surface area contributed by atoms with Crippen molar-refractivity contribution < 1.29 is 28.6 Å². The lowest BCUT2D eigenvalue weighted by Crippen LogP contribution is -2.50. The first-order valence-corrected chi connectivity index (χ1v) is 9.66. The second-order valence-electron chi connectivity index (χ2n) is 7.82. The van der Waals surface area contributed by atoms with Gasteiger partial charge >= 0.3 is 17.9 Å². The normalized spacial score (nSPS) is 34.9. The van der Waals surface area contributed by atoms with E-state index in [1.807, 2.05) is 19.9 Å². The van der Waals surface area contributed by atoms with E-state index in [-0.39, 0.29) is 0 Å². The van der Waals surface area contributed by atoms with Crippen LogP contribution < -0.4 is 0 Å². The molecule has 0 saturated carbocycles. The second kappa shape index (κ2) is 8.76. The lowest BCUT2D eigenvalue weighted by molar-refractivity contribution is -0.175. The number of ether oxygens (including phenoxy) is 3. The molecule has 0 aromatic heterocycles. The van der Waals surface area contributed by atoms with E-state index in [2.05, 4.69) is 6.08 Å². The van der Waals surface area contributed by atoms with Crippen molar-refractivity contribution in [1.29, 1.82) is 0 Å². The van der Waals surface area contributed by atoms with Crippen LogP contribution in [0.4, 0.5) is 0 Å². The summed E-state index contributed by atoms with van der Waals surface area (Å²) in [5.74, 6) is -2.31. The molecule has 4 atom stereocenters. The summed E-state index contributed by atoms with van der Waals surface area (Å²) >= 11 is 0. The molecule has 1 saturated heterocycles. The van der Waals surface area contributed by atoms with E-state index >= 15 is 0 Å². The SMILES string of the molecule is C/C=C(/C)C(=O)O[C@]1(C)C(=O)O[C@H]2/C=C(\C)CC/C=C(\C)C[C@H](OC(C)=O)[C@H]21. The van der Waals surface area contributed by atoms with Gasteiger partial charge in [-0.15, -0.1) is 0 Å². The van der Waals surface area contributed by atoms with Gasteiger partial charge in [0.05, 0.1) is 5.92 Å². The minimum atomic E-state index is -1.55. The van der Waals surface area contributed by atoms with Gasteiger partial charge in [0, 0.05) is 18.9 Å². The van der Waals surface area contributed by atoms with Crippen LogP contribution in [0.15, 0.2) is 34.9 Å². The van der Waals surface area contributed by atoms with Gasteiger partial charge in [0.2, 0.25) is 5.60 Å². The maximum absolute atomic E-state index is 12.8. The summed E-state index contributed by atoms with van der Waals surface area (Å²) in [6, 6.07) is 0. The predicted molar refractivity (Wildman–Crippen MR) is 104 cm³/mol. The molecule has 0 radical (unpaired) electrons. The van der Waals surface area contributed by atoms with Gasteiger partial charge in [0.15, 0.2) is 0 Å². The van der Waals surface area contributed by atoms with Crippen molar-refractivity contribution in [2.24, 2.45) is 5.92 Å². The fourth-order valence-electron chi connectivity index (χ4n) is 3.73. The monoisotopic (exact) mass is 390 g/mol. The van der Waals surface area contributed by atoms with E-state index < -0.39 is 41.6 Å². The molecule has 2 aliphatic rings. The van der Waals surface area contributed by atoms with E-state index in [1.165, 1.54) is 6.92 Å². The number of allylic oxidation sites excluding steroid dienone is 3. The van der Waals surface area contributed by atoms with Crippen LogP contribution in [0, 0.1) is 5.92 Å². The van der Waals surface area contributed by atoms with Crippen LogP contribution in [0.25, 0.3) is 0 Å². The summed E-state index contributed by atoms with van der Waals surface area (Å²) in [5.41, 5.74) is 0.958. The van der Waals surface area contributed by atoms with E-state index in [9.17, 15) is 14.4 Å². The van der Waals surface area contributed by atoms with Crippen LogP contribution in [0.1, 0.15) is 60.8 Å². The van der Waals surface area contributed by atoms with Gasteiger partial charge < -0.3 is 14.2 Å². The van der Waals surface area contributed by atoms with Crippen molar-refractivity contribution in [3.8, 4) is 0 Å². The molecule has 6 nitrogen and oxygen atoms in total. The van der Waals surface area contributed by atoms with Crippen LogP contribution in [0.3, 0.4) is 0 Å². The van der Waals surface area contributed by atoms with Gasteiger partial charge in [0.1, 0.15) is 12.2 Å². The molecule has 1 fully saturated rings. The Morgan fingerprint density at radius 3 is 2.54 bits per heavy atom. The lowest BCUT2D eigenvalue weighted by Gasteiger charge is -2.34. The Hall–Kier alpha value is -2.37. The average Bonchev–Trinajstić information content (AvgIpc) is 2.82. The second-order valence-corrected chi connectivity index (χ2v) is 7.82. The van der Waals surface area contributed by atoms with Gasteiger partial charge in [-0.25, -0.2) is 9.59 Å². The number of hydrogen-bond acceptors (Lipinski definition) is 6. The Morgan fingerprint density at radius 1 is 1.25 bits per heavy atom. The molecular weight excluding hydrogens is 360 g/mol. The van der Waals surface area contributed by atoms with E-state index in [4.69, 9.17) is 14.2 Å². The molecule has 1 aliphatic heterocycles. The van der Waals surface area contributed by atoms with Gasteiger partial charge in [-0.05, 0) is 53.5 Å². The first-order valence-electron chi connectivity index (χ1n) is 9.66. The largest absolute Gasteiger partial charge is 0.462 e. The summed E-state index contributed by atoms with van der Waals surface area (Å²) in [6.07, 6.45) is 6.47. The summed E-state index contributed by atoms with van der Waals surface area (Å²) in [6.45, 7) is 10.2. The molecular formula is C22H30O6. The van der Waals surface area contributed by atoms with E-state index in [0.717, 1.165) is 24.0 Å². The summed E-state index contributed by atoms with van der Waals surface area (Å²) in [4.78, 5) is 37.1. The summed E-state index contributed by atoms with van der Waals surface area (Å²) < 4.78 is 16.9. The van der Waals surface area contributed by atoms with Gasteiger partial charge in [-0.3, -0.25) is 4.79 Å². The Labute approximate surface area is 166 Å². The molecule has 154 valence electrons. The molecule has 0 spiro atoms. The van der Waals surface area contributed by atoms with Gasteiger partial charge in [-0.1, -0.05) is 23.3 Å². The van der Waals surface area contributed by atoms with Crippen LogP contribution >= 0.6 is 0 Å². The zero-order valence-electron chi connectivity index (χ0n) is 17.5. The van der Waals surface area contributed by atoms with Gasteiger partial charge in [0.25, 0.3) is 0 Å². The third-order valence-electron chi connectivity index (χ3n) is 5.42. The zero-order chi connectivity index (χ0) is 21.1. The fraction of sp³-hybridized carbons (Fsp3) is 0.591. The number of rotatable bonds is 3. The molecule has 0 amide bonds. The molecule has 0 aromatic carbocycles. The minimum absolute atomic E-state index is 0.393. The van der Waals surface area contributed by atoms with Crippen molar-refractivity contribution in [3.05, 3.63) is 34.9 Å². The smallest absolute Gasteiger partial charge is 0.351 e. The molecule has 0 unspecified atom stereocenters. The highest BCUT2D eigenvalue weighted by Crippen LogP contribution is 2.42. The van der Waals surface area contributed by atoms with Crippen LogP contribution in [-0.4, -0.2) is 35.7 Å². The zero-order valence-corrected chi connectivity index (χ0v) is 17.5. The standard InChI is InChI=1S/C22H30O6/c1-7-15(4)20(24)28-22(6)19-17(26-16(5)23)11-13(2)9-8-10-14(3)12-18(19)27-21(22)25/h7,9,12,17-19H,8,10-11H2,1-6H3/b13-9+,14-12+,15-7-/t17-,18-,19+,22-/m0/s1. The lowest BCUT2D eigenvalue weighted by atomic mass is 9.79. The van der Waals surface area contributed by atoms with Crippen LogP contribution in [0.5, 0.6) is 0 Å². The maximum atomic E-state index is 12.8. The number of esters is 3. The van der Waals surface area contributed by atoms with Crippen molar-refractivity contribution in [3.63, 3.8) is 0 Å².